The quantitative estimate of drug-likeness (QED) is 0.666. The van der Waals surface area contributed by atoms with Crippen molar-refractivity contribution in [1.29, 1.82) is 0 Å². The van der Waals surface area contributed by atoms with E-state index in [0.29, 0.717) is 0 Å². The van der Waals surface area contributed by atoms with Crippen molar-refractivity contribution in [3.05, 3.63) is 0 Å². The highest BCUT2D eigenvalue weighted by molar-refractivity contribution is 5.81. The zero-order chi connectivity index (χ0) is 15.0. The van der Waals surface area contributed by atoms with E-state index >= 15 is 0 Å². The monoisotopic (exact) mass is 274 g/mol. The lowest BCUT2D eigenvalue weighted by Crippen LogP contribution is -2.48. The summed E-state index contributed by atoms with van der Waals surface area (Å²) in [5.41, 5.74) is 0. The van der Waals surface area contributed by atoms with E-state index in [-0.39, 0.29) is 25.7 Å². The topological polar surface area (TPSA) is 95.9 Å². The van der Waals surface area contributed by atoms with Crippen LogP contribution in [0.1, 0.15) is 27.7 Å². The highest BCUT2D eigenvalue weighted by Crippen LogP contribution is 2.01. The average molecular weight is 274 g/mol. The first kappa shape index (κ1) is 17.2. The maximum absolute atomic E-state index is 11.9. The van der Waals surface area contributed by atoms with Crippen molar-refractivity contribution in [3.63, 3.8) is 0 Å². The van der Waals surface area contributed by atoms with Gasteiger partial charge in [0.15, 0.2) is 0 Å². The molecular weight excluding hydrogens is 252 g/mol. The van der Waals surface area contributed by atoms with E-state index in [0.717, 1.165) is 0 Å². The molecule has 2 N–H and O–H groups in total. The number of aliphatic carboxylic acids is 1. The van der Waals surface area contributed by atoms with Crippen molar-refractivity contribution in [2.24, 2.45) is 5.92 Å². The number of carbonyl (C=O) groups excluding carboxylic acids is 2. The number of carboxylic acid groups (broad SMARTS) is 1. The minimum atomic E-state index is -0.984. The van der Waals surface area contributed by atoms with Gasteiger partial charge in [-0.3, -0.25) is 9.59 Å². The highest BCUT2D eigenvalue weighted by Gasteiger charge is 2.21. The van der Waals surface area contributed by atoms with Gasteiger partial charge in [-0.05, 0) is 20.8 Å². The van der Waals surface area contributed by atoms with E-state index in [1.165, 1.54) is 11.8 Å². The van der Waals surface area contributed by atoms with Gasteiger partial charge in [-0.25, -0.2) is 4.79 Å². The van der Waals surface area contributed by atoms with Gasteiger partial charge in [0.2, 0.25) is 0 Å². The molecule has 0 bridgehead atoms. The van der Waals surface area contributed by atoms with Crippen LogP contribution < -0.4 is 5.32 Å². The number of carbonyl (C=O) groups is 3. The fourth-order valence-electron chi connectivity index (χ4n) is 1.26. The number of ether oxygens (including phenoxy) is 1. The van der Waals surface area contributed by atoms with Gasteiger partial charge in [-0.1, -0.05) is 6.92 Å². The summed E-state index contributed by atoms with van der Waals surface area (Å²) in [4.78, 5) is 35.2. The van der Waals surface area contributed by atoms with Crippen LogP contribution in [-0.4, -0.2) is 53.7 Å². The number of esters is 1. The Labute approximate surface area is 112 Å². The molecule has 0 aliphatic rings. The first-order valence-corrected chi connectivity index (χ1v) is 6.22. The Morgan fingerprint density at radius 3 is 2.26 bits per heavy atom. The molecule has 1 unspecified atom stereocenters. The summed E-state index contributed by atoms with van der Waals surface area (Å²) in [7, 11) is 0. The molecule has 0 rings (SSSR count). The summed E-state index contributed by atoms with van der Waals surface area (Å²) < 4.78 is 4.78. The third-order valence-corrected chi connectivity index (χ3v) is 2.47. The molecule has 0 saturated carbocycles. The van der Waals surface area contributed by atoms with Gasteiger partial charge in [0.1, 0.15) is 6.54 Å². The molecule has 0 aromatic rings. The maximum atomic E-state index is 11.9. The molecule has 7 heteroatoms. The fraction of sp³-hybridized carbons (Fsp3) is 0.750. The molecule has 0 aromatic carbocycles. The van der Waals surface area contributed by atoms with E-state index in [4.69, 9.17) is 9.84 Å². The van der Waals surface area contributed by atoms with E-state index in [9.17, 15) is 14.4 Å². The van der Waals surface area contributed by atoms with Gasteiger partial charge >= 0.3 is 18.0 Å². The molecule has 7 nitrogen and oxygen atoms in total. The number of hydrogen-bond acceptors (Lipinski definition) is 4. The molecule has 0 spiro atoms. The fourth-order valence-corrected chi connectivity index (χ4v) is 1.26. The highest BCUT2D eigenvalue weighted by atomic mass is 16.5. The molecule has 0 aliphatic heterocycles. The summed E-state index contributed by atoms with van der Waals surface area (Å²) in [6.45, 7) is 6.82. The molecule has 0 heterocycles. The van der Waals surface area contributed by atoms with Gasteiger partial charge < -0.3 is 20.1 Å². The lowest BCUT2D eigenvalue weighted by atomic mass is 10.2. The molecule has 19 heavy (non-hydrogen) atoms. The third kappa shape index (κ3) is 6.64. The summed E-state index contributed by atoms with van der Waals surface area (Å²) in [5.74, 6) is -2.15. The summed E-state index contributed by atoms with van der Waals surface area (Å²) >= 11 is 0. The Hall–Kier alpha value is -1.79. The van der Waals surface area contributed by atoms with Crippen LogP contribution in [0, 0.1) is 5.92 Å². The zero-order valence-corrected chi connectivity index (χ0v) is 11.8. The van der Waals surface area contributed by atoms with Crippen molar-refractivity contribution in [2.45, 2.75) is 33.7 Å². The first-order chi connectivity index (χ1) is 8.79. The van der Waals surface area contributed by atoms with Crippen molar-refractivity contribution < 1.29 is 24.2 Å². The number of carboxylic acids is 1. The molecular formula is C12H22N2O5. The minimum absolute atomic E-state index is 0.0141. The number of amides is 2. The normalized spacial score (nSPS) is 11.8. The molecule has 0 aliphatic carbocycles. The molecule has 110 valence electrons. The van der Waals surface area contributed by atoms with Crippen LogP contribution in [0.25, 0.3) is 0 Å². The molecule has 0 radical (unpaired) electrons. The number of nitrogens with one attached hydrogen (secondary N) is 1. The van der Waals surface area contributed by atoms with Crippen molar-refractivity contribution in [2.75, 3.05) is 19.7 Å². The number of hydrogen-bond donors (Lipinski definition) is 2. The summed E-state index contributed by atoms with van der Waals surface area (Å²) in [6, 6.07) is -0.666. The van der Waals surface area contributed by atoms with Crippen molar-refractivity contribution >= 4 is 18.0 Å². The van der Waals surface area contributed by atoms with Crippen LogP contribution in [0.3, 0.4) is 0 Å². The van der Waals surface area contributed by atoms with Crippen LogP contribution in [-0.2, 0) is 14.3 Å². The van der Waals surface area contributed by atoms with Gasteiger partial charge in [0.05, 0.1) is 12.5 Å². The standard InChI is InChI=1S/C12H22N2O5/c1-5-19-10(15)7-14(8(2)3)12(18)13-6-9(4)11(16)17/h8-9H,5-7H2,1-4H3,(H,13,18)(H,16,17). The van der Waals surface area contributed by atoms with Gasteiger partial charge in [0.25, 0.3) is 0 Å². The minimum Gasteiger partial charge on any atom is -0.481 e. The average Bonchev–Trinajstić information content (AvgIpc) is 2.32. The van der Waals surface area contributed by atoms with E-state index in [1.54, 1.807) is 20.8 Å². The third-order valence-electron chi connectivity index (χ3n) is 2.47. The second-order valence-corrected chi connectivity index (χ2v) is 4.45. The van der Waals surface area contributed by atoms with E-state index in [1.807, 2.05) is 0 Å². The zero-order valence-electron chi connectivity index (χ0n) is 11.8. The van der Waals surface area contributed by atoms with E-state index < -0.39 is 23.9 Å². The molecule has 0 aromatic heterocycles. The Morgan fingerprint density at radius 1 is 1.26 bits per heavy atom. The molecule has 2 amide bonds. The largest absolute Gasteiger partial charge is 0.481 e. The Morgan fingerprint density at radius 2 is 1.84 bits per heavy atom. The number of urea groups is 1. The van der Waals surface area contributed by atoms with Crippen molar-refractivity contribution in [3.8, 4) is 0 Å². The van der Waals surface area contributed by atoms with Gasteiger partial charge in [-0.15, -0.1) is 0 Å². The Bertz CT molecular complexity index is 330. The Balaban J connectivity index is 4.42. The molecule has 1 atom stereocenters. The second-order valence-electron chi connectivity index (χ2n) is 4.45. The SMILES string of the molecule is CCOC(=O)CN(C(=O)NCC(C)C(=O)O)C(C)C. The molecule has 0 saturated heterocycles. The smallest absolute Gasteiger partial charge is 0.325 e. The lowest BCUT2D eigenvalue weighted by molar-refractivity contribution is -0.144. The summed E-state index contributed by atoms with van der Waals surface area (Å²) in [6.07, 6.45) is 0. The van der Waals surface area contributed by atoms with Crippen LogP contribution in [0.5, 0.6) is 0 Å². The number of rotatable bonds is 7. The predicted molar refractivity (Wildman–Crippen MR) is 68.7 cm³/mol. The lowest BCUT2D eigenvalue weighted by Gasteiger charge is -2.26. The second kappa shape index (κ2) is 8.34. The maximum Gasteiger partial charge on any atom is 0.325 e. The molecule has 0 fully saturated rings. The Kier molecular flexibility index (Phi) is 7.55. The van der Waals surface area contributed by atoms with Gasteiger partial charge in [-0.2, -0.15) is 0 Å². The predicted octanol–water partition coefficient (Wildman–Crippen LogP) is 0.690. The van der Waals surface area contributed by atoms with Crippen LogP contribution in [0.4, 0.5) is 4.79 Å². The van der Waals surface area contributed by atoms with Gasteiger partial charge in [0, 0.05) is 12.6 Å². The van der Waals surface area contributed by atoms with Crippen molar-refractivity contribution in [1.82, 2.24) is 10.2 Å². The first-order valence-electron chi connectivity index (χ1n) is 6.22. The summed E-state index contributed by atoms with van der Waals surface area (Å²) in [5, 5.41) is 11.2. The number of nitrogens with zero attached hydrogens (tertiary/aromatic N) is 1. The van der Waals surface area contributed by atoms with Crippen LogP contribution >= 0.6 is 0 Å². The van der Waals surface area contributed by atoms with Crippen LogP contribution in [0.15, 0.2) is 0 Å². The van der Waals surface area contributed by atoms with E-state index in [2.05, 4.69) is 5.32 Å². The van der Waals surface area contributed by atoms with Crippen LogP contribution in [0.2, 0.25) is 0 Å².